The summed E-state index contributed by atoms with van der Waals surface area (Å²) < 4.78 is 10.0. The van der Waals surface area contributed by atoms with Gasteiger partial charge in [0.05, 0.1) is 13.2 Å². The van der Waals surface area contributed by atoms with Gasteiger partial charge in [-0.2, -0.15) is 0 Å². The molecule has 0 atom stereocenters. The molecular weight excluding hydrogens is 292 g/mol. The third-order valence-electron chi connectivity index (χ3n) is 3.28. The molecule has 0 fully saturated rings. The van der Waals surface area contributed by atoms with Gasteiger partial charge < -0.3 is 9.47 Å². The average molecular weight is 313 g/mol. The van der Waals surface area contributed by atoms with E-state index in [4.69, 9.17) is 21.1 Å². The fourth-order valence-electron chi connectivity index (χ4n) is 1.91. The second-order valence-corrected chi connectivity index (χ2v) is 5.34. The molecule has 0 saturated heterocycles. The molecule has 116 valence electrons. The lowest BCUT2D eigenvalue weighted by molar-refractivity contribution is -0.171. The van der Waals surface area contributed by atoms with Crippen molar-refractivity contribution in [3.63, 3.8) is 0 Å². The number of carbonyl (C=O) groups excluding carboxylic acids is 2. The Hall–Kier alpha value is -1.55. The van der Waals surface area contributed by atoms with Crippen molar-refractivity contribution < 1.29 is 19.1 Å². The van der Waals surface area contributed by atoms with Crippen molar-refractivity contribution in [3.8, 4) is 0 Å². The van der Waals surface area contributed by atoms with Gasteiger partial charge in [0.1, 0.15) is 0 Å². The molecule has 1 rings (SSSR count). The van der Waals surface area contributed by atoms with E-state index < -0.39 is 17.4 Å². The molecule has 0 N–H and O–H groups in total. The minimum Gasteiger partial charge on any atom is -0.465 e. The molecule has 0 heterocycles. The molecule has 0 aliphatic carbocycles. The van der Waals surface area contributed by atoms with Crippen LogP contribution in [0.2, 0.25) is 5.02 Å². The number of carbonyl (C=O) groups is 2. The van der Waals surface area contributed by atoms with E-state index >= 15 is 0 Å². The number of rotatable bonds is 7. The van der Waals surface area contributed by atoms with Crippen molar-refractivity contribution in [2.24, 2.45) is 5.41 Å². The number of ether oxygens (including phenoxy) is 2. The Morgan fingerprint density at radius 2 is 1.52 bits per heavy atom. The van der Waals surface area contributed by atoms with Gasteiger partial charge in [0, 0.05) is 5.02 Å². The predicted molar refractivity (Wildman–Crippen MR) is 81.1 cm³/mol. The average Bonchev–Trinajstić information content (AvgIpc) is 2.46. The van der Waals surface area contributed by atoms with E-state index in [0.29, 0.717) is 17.9 Å². The number of hydrogen-bond donors (Lipinski definition) is 0. The van der Waals surface area contributed by atoms with Crippen molar-refractivity contribution >= 4 is 23.5 Å². The quantitative estimate of drug-likeness (QED) is 0.572. The zero-order chi connectivity index (χ0) is 15.9. The van der Waals surface area contributed by atoms with E-state index in [2.05, 4.69) is 0 Å². The zero-order valence-electron chi connectivity index (χ0n) is 12.6. The standard InChI is InChI=1S/C16H21ClO4/c1-4-20-14(18)16(3,15(19)21-5-2)11-10-12-6-8-13(17)9-7-12/h6-9H,4-5,10-11H2,1-3H3. The van der Waals surface area contributed by atoms with Gasteiger partial charge in [-0.05, 0) is 51.3 Å². The van der Waals surface area contributed by atoms with Crippen LogP contribution in [-0.4, -0.2) is 25.2 Å². The highest BCUT2D eigenvalue weighted by Gasteiger charge is 2.43. The molecule has 0 aliphatic heterocycles. The van der Waals surface area contributed by atoms with E-state index in [0.717, 1.165) is 5.56 Å². The first-order valence-electron chi connectivity index (χ1n) is 7.03. The number of halogens is 1. The van der Waals surface area contributed by atoms with Crippen LogP contribution in [0.4, 0.5) is 0 Å². The molecule has 0 amide bonds. The fourth-order valence-corrected chi connectivity index (χ4v) is 2.04. The Bertz CT molecular complexity index is 464. The highest BCUT2D eigenvalue weighted by molar-refractivity contribution is 6.30. The summed E-state index contributed by atoms with van der Waals surface area (Å²) in [5.74, 6) is -1.09. The fraction of sp³-hybridized carbons (Fsp3) is 0.500. The maximum absolute atomic E-state index is 12.1. The van der Waals surface area contributed by atoms with Crippen molar-refractivity contribution in [2.45, 2.75) is 33.6 Å². The molecule has 0 radical (unpaired) electrons. The molecule has 4 nitrogen and oxygen atoms in total. The first-order chi connectivity index (χ1) is 9.93. The predicted octanol–water partition coefficient (Wildman–Crippen LogP) is 3.41. The van der Waals surface area contributed by atoms with Crippen LogP contribution in [0.15, 0.2) is 24.3 Å². The Labute approximate surface area is 130 Å². The van der Waals surface area contributed by atoms with Gasteiger partial charge in [0.15, 0.2) is 5.41 Å². The van der Waals surface area contributed by atoms with Crippen molar-refractivity contribution in [1.82, 2.24) is 0 Å². The smallest absolute Gasteiger partial charge is 0.323 e. The highest BCUT2D eigenvalue weighted by Crippen LogP contribution is 2.28. The van der Waals surface area contributed by atoms with Crippen molar-refractivity contribution in [2.75, 3.05) is 13.2 Å². The van der Waals surface area contributed by atoms with Crippen LogP contribution in [-0.2, 0) is 25.5 Å². The topological polar surface area (TPSA) is 52.6 Å². The van der Waals surface area contributed by atoms with Gasteiger partial charge in [-0.25, -0.2) is 0 Å². The van der Waals surface area contributed by atoms with Crippen LogP contribution in [0.1, 0.15) is 32.8 Å². The van der Waals surface area contributed by atoms with Crippen LogP contribution in [0.25, 0.3) is 0 Å². The van der Waals surface area contributed by atoms with Gasteiger partial charge in [-0.3, -0.25) is 9.59 Å². The Balaban J connectivity index is 2.84. The molecule has 0 saturated carbocycles. The van der Waals surface area contributed by atoms with E-state index in [9.17, 15) is 9.59 Å². The Morgan fingerprint density at radius 1 is 1.05 bits per heavy atom. The van der Waals surface area contributed by atoms with E-state index in [1.165, 1.54) is 0 Å². The molecular formula is C16H21ClO4. The maximum atomic E-state index is 12.1. The van der Waals surface area contributed by atoms with E-state index in [-0.39, 0.29) is 13.2 Å². The maximum Gasteiger partial charge on any atom is 0.323 e. The summed E-state index contributed by atoms with van der Waals surface area (Å²) in [5, 5.41) is 0.650. The monoisotopic (exact) mass is 312 g/mol. The lowest BCUT2D eigenvalue weighted by Crippen LogP contribution is -2.40. The van der Waals surface area contributed by atoms with Gasteiger partial charge in [0.25, 0.3) is 0 Å². The second kappa shape index (κ2) is 8.03. The van der Waals surface area contributed by atoms with Crippen LogP contribution in [0.3, 0.4) is 0 Å². The summed E-state index contributed by atoms with van der Waals surface area (Å²) in [6, 6.07) is 7.31. The second-order valence-electron chi connectivity index (χ2n) is 4.90. The molecule has 0 unspecified atom stereocenters. The number of benzene rings is 1. The van der Waals surface area contributed by atoms with Crippen LogP contribution in [0.5, 0.6) is 0 Å². The van der Waals surface area contributed by atoms with Crippen molar-refractivity contribution in [1.29, 1.82) is 0 Å². The highest BCUT2D eigenvalue weighted by atomic mass is 35.5. The summed E-state index contributed by atoms with van der Waals surface area (Å²) in [7, 11) is 0. The molecule has 21 heavy (non-hydrogen) atoms. The molecule has 5 heteroatoms. The molecule has 0 bridgehead atoms. The van der Waals surface area contributed by atoms with E-state index in [1.807, 2.05) is 12.1 Å². The molecule has 0 spiro atoms. The molecule has 0 aromatic heterocycles. The first-order valence-corrected chi connectivity index (χ1v) is 7.40. The third-order valence-corrected chi connectivity index (χ3v) is 3.53. The first kappa shape index (κ1) is 17.5. The summed E-state index contributed by atoms with van der Waals surface area (Å²) in [5.41, 5.74) is -0.287. The van der Waals surface area contributed by atoms with Gasteiger partial charge in [0.2, 0.25) is 0 Å². The van der Waals surface area contributed by atoms with Crippen molar-refractivity contribution in [3.05, 3.63) is 34.9 Å². The SMILES string of the molecule is CCOC(=O)C(C)(CCc1ccc(Cl)cc1)C(=O)OCC. The number of aryl methyl sites for hydroxylation is 1. The Kier molecular flexibility index (Phi) is 6.69. The lowest BCUT2D eigenvalue weighted by atomic mass is 9.84. The van der Waals surface area contributed by atoms with Gasteiger partial charge in [-0.15, -0.1) is 0 Å². The summed E-state index contributed by atoms with van der Waals surface area (Å²) in [4.78, 5) is 24.2. The lowest BCUT2D eigenvalue weighted by Gasteiger charge is -2.24. The van der Waals surface area contributed by atoms with Crippen LogP contribution < -0.4 is 0 Å². The van der Waals surface area contributed by atoms with E-state index in [1.54, 1.807) is 32.9 Å². The minimum atomic E-state index is -1.29. The molecule has 0 aliphatic rings. The molecule has 1 aromatic carbocycles. The third kappa shape index (κ3) is 4.74. The summed E-state index contributed by atoms with van der Waals surface area (Å²) in [6.45, 7) is 5.45. The summed E-state index contributed by atoms with van der Waals surface area (Å²) in [6.07, 6.45) is 0.887. The summed E-state index contributed by atoms with van der Waals surface area (Å²) >= 11 is 5.84. The number of hydrogen-bond acceptors (Lipinski definition) is 4. The Morgan fingerprint density at radius 3 is 1.95 bits per heavy atom. The van der Waals surface area contributed by atoms with Gasteiger partial charge >= 0.3 is 11.9 Å². The normalized spacial score (nSPS) is 11.0. The largest absolute Gasteiger partial charge is 0.465 e. The minimum absolute atomic E-state index is 0.231. The number of esters is 2. The van der Waals surface area contributed by atoms with Crippen LogP contribution >= 0.6 is 11.6 Å². The van der Waals surface area contributed by atoms with Crippen LogP contribution in [0, 0.1) is 5.41 Å². The van der Waals surface area contributed by atoms with Gasteiger partial charge in [-0.1, -0.05) is 23.7 Å². The zero-order valence-corrected chi connectivity index (χ0v) is 13.4. The molecule has 1 aromatic rings.